The average molecular weight is 349 g/mol. The van der Waals surface area contributed by atoms with Crippen molar-refractivity contribution in [1.29, 1.82) is 0 Å². The minimum Gasteiger partial charge on any atom is -0.348 e. The van der Waals surface area contributed by atoms with Crippen LogP contribution >= 0.6 is 0 Å². The van der Waals surface area contributed by atoms with Crippen LogP contribution in [0.5, 0.6) is 0 Å². The number of aryl methyl sites for hydroxylation is 1. The van der Waals surface area contributed by atoms with Crippen LogP contribution in [0.3, 0.4) is 0 Å². The zero-order valence-corrected chi connectivity index (χ0v) is 14.4. The Balaban J connectivity index is 1.50. The zero-order chi connectivity index (χ0) is 18.3. The number of hydrogen-bond donors (Lipinski definition) is 2. The van der Waals surface area contributed by atoms with Gasteiger partial charge in [-0.2, -0.15) is 0 Å². The van der Waals surface area contributed by atoms with Gasteiger partial charge in [-0.1, -0.05) is 29.8 Å². The van der Waals surface area contributed by atoms with Gasteiger partial charge >= 0.3 is 0 Å². The summed E-state index contributed by atoms with van der Waals surface area (Å²) in [6.07, 6.45) is 0.168. The van der Waals surface area contributed by atoms with Gasteiger partial charge < -0.3 is 15.5 Å². The van der Waals surface area contributed by atoms with Crippen molar-refractivity contribution in [2.24, 2.45) is 5.92 Å². The summed E-state index contributed by atoms with van der Waals surface area (Å²) in [5.74, 6) is -0.921. The van der Waals surface area contributed by atoms with Crippen molar-refractivity contribution in [3.8, 4) is 0 Å². The van der Waals surface area contributed by atoms with E-state index in [1.807, 2.05) is 43.3 Å². The second kappa shape index (κ2) is 6.29. The minimum atomic E-state index is -0.441. The Bertz CT molecular complexity index is 905. The van der Waals surface area contributed by atoms with Gasteiger partial charge in [0.05, 0.1) is 17.2 Å². The standard InChI is InChI=1S/C20H19N3O3/c1-12-5-7-15(8-6-12)23-11-14(9-17(23)24)19(25)22-16-4-2-3-13-10-21-20(26)18(13)16/h2-8,14H,9-11H2,1H3,(H,21,26)(H,22,25)/t14-/m0/s1. The van der Waals surface area contributed by atoms with Crippen molar-refractivity contribution in [2.75, 3.05) is 16.8 Å². The Kier molecular flexibility index (Phi) is 3.95. The topological polar surface area (TPSA) is 78.5 Å². The summed E-state index contributed by atoms with van der Waals surface area (Å²) in [6.45, 7) is 2.80. The van der Waals surface area contributed by atoms with Crippen molar-refractivity contribution in [3.63, 3.8) is 0 Å². The van der Waals surface area contributed by atoms with E-state index in [0.29, 0.717) is 24.3 Å². The van der Waals surface area contributed by atoms with E-state index in [9.17, 15) is 14.4 Å². The molecule has 0 bridgehead atoms. The number of carbonyl (C=O) groups excluding carboxylic acids is 3. The third-order valence-electron chi connectivity index (χ3n) is 4.92. The molecule has 2 aliphatic heterocycles. The molecule has 132 valence electrons. The molecule has 3 amide bonds. The molecule has 1 saturated heterocycles. The molecular formula is C20H19N3O3. The highest BCUT2D eigenvalue weighted by Gasteiger charge is 2.35. The third-order valence-corrected chi connectivity index (χ3v) is 4.92. The molecule has 0 spiro atoms. The molecule has 1 fully saturated rings. The van der Waals surface area contributed by atoms with E-state index in [1.165, 1.54) is 0 Å². The van der Waals surface area contributed by atoms with Crippen molar-refractivity contribution in [3.05, 3.63) is 59.2 Å². The Labute approximate surface area is 151 Å². The van der Waals surface area contributed by atoms with Gasteiger partial charge in [0.2, 0.25) is 11.8 Å². The quantitative estimate of drug-likeness (QED) is 0.892. The van der Waals surface area contributed by atoms with Gasteiger partial charge in [-0.25, -0.2) is 0 Å². The Morgan fingerprint density at radius 2 is 1.92 bits per heavy atom. The highest BCUT2D eigenvalue weighted by Crippen LogP contribution is 2.28. The molecule has 1 atom stereocenters. The van der Waals surface area contributed by atoms with Crippen molar-refractivity contribution >= 4 is 29.1 Å². The second-order valence-electron chi connectivity index (χ2n) is 6.75. The van der Waals surface area contributed by atoms with Crippen LogP contribution in [0, 0.1) is 12.8 Å². The van der Waals surface area contributed by atoms with E-state index >= 15 is 0 Å². The smallest absolute Gasteiger partial charge is 0.254 e. The average Bonchev–Trinajstić information content (AvgIpc) is 3.20. The number of carbonyl (C=O) groups is 3. The number of rotatable bonds is 3. The van der Waals surface area contributed by atoms with E-state index in [4.69, 9.17) is 0 Å². The van der Waals surface area contributed by atoms with Crippen LogP contribution in [-0.2, 0) is 16.1 Å². The summed E-state index contributed by atoms with van der Waals surface area (Å²) >= 11 is 0. The van der Waals surface area contributed by atoms with Gasteiger partial charge in [0.15, 0.2) is 0 Å². The highest BCUT2D eigenvalue weighted by atomic mass is 16.2. The lowest BCUT2D eigenvalue weighted by Gasteiger charge is -2.17. The molecule has 6 heteroatoms. The molecule has 4 rings (SSSR count). The largest absolute Gasteiger partial charge is 0.348 e. The molecule has 0 aromatic heterocycles. The Morgan fingerprint density at radius 1 is 1.15 bits per heavy atom. The molecule has 26 heavy (non-hydrogen) atoms. The zero-order valence-electron chi connectivity index (χ0n) is 14.4. The first-order valence-electron chi connectivity index (χ1n) is 8.61. The van der Waals surface area contributed by atoms with Crippen LogP contribution in [-0.4, -0.2) is 24.3 Å². The molecule has 2 aromatic rings. The molecule has 6 nitrogen and oxygen atoms in total. The normalized spacial score (nSPS) is 18.7. The lowest BCUT2D eigenvalue weighted by atomic mass is 10.1. The monoisotopic (exact) mass is 349 g/mol. The number of nitrogens with zero attached hydrogens (tertiary/aromatic N) is 1. The summed E-state index contributed by atoms with van der Waals surface area (Å²) in [4.78, 5) is 38.6. The highest BCUT2D eigenvalue weighted by molar-refractivity contribution is 6.08. The van der Waals surface area contributed by atoms with E-state index < -0.39 is 5.92 Å². The maximum atomic E-state index is 12.7. The maximum Gasteiger partial charge on any atom is 0.254 e. The molecule has 0 saturated carbocycles. The molecule has 0 aliphatic carbocycles. The van der Waals surface area contributed by atoms with E-state index in [2.05, 4.69) is 10.6 Å². The van der Waals surface area contributed by atoms with E-state index in [0.717, 1.165) is 16.8 Å². The fourth-order valence-electron chi connectivity index (χ4n) is 3.48. The first-order chi connectivity index (χ1) is 12.5. The third kappa shape index (κ3) is 2.83. The first kappa shape index (κ1) is 16.3. The van der Waals surface area contributed by atoms with Crippen LogP contribution in [0.25, 0.3) is 0 Å². The van der Waals surface area contributed by atoms with Crippen LogP contribution in [0.15, 0.2) is 42.5 Å². The van der Waals surface area contributed by atoms with E-state index in [-0.39, 0.29) is 24.1 Å². The summed E-state index contributed by atoms with van der Waals surface area (Å²) in [7, 11) is 0. The molecule has 0 unspecified atom stereocenters. The molecule has 2 aromatic carbocycles. The van der Waals surface area contributed by atoms with Crippen LogP contribution < -0.4 is 15.5 Å². The number of benzene rings is 2. The van der Waals surface area contributed by atoms with Crippen LogP contribution in [0.4, 0.5) is 11.4 Å². The summed E-state index contributed by atoms with van der Waals surface area (Å²) < 4.78 is 0. The Morgan fingerprint density at radius 3 is 2.69 bits per heavy atom. The first-order valence-corrected chi connectivity index (χ1v) is 8.61. The number of hydrogen-bond acceptors (Lipinski definition) is 3. The predicted octanol–water partition coefficient (Wildman–Crippen LogP) is 2.23. The summed E-state index contributed by atoms with van der Waals surface area (Å²) in [5, 5.41) is 5.59. The SMILES string of the molecule is Cc1ccc(N2C[C@@H](C(=O)Nc3cccc4c3C(=O)NC4)CC2=O)cc1. The van der Waals surface area contributed by atoms with Gasteiger partial charge in [0.1, 0.15) is 0 Å². The molecule has 2 aliphatic rings. The maximum absolute atomic E-state index is 12.7. The van der Waals surface area contributed by atoms with Crippen molar-refractivity contribution in [2.45, 2.75) is 19.9 Å². The lowest BCUT2D eigenvalue weighted by Crippen LogP contribution is -2.28. The number of amides is 3. The number of anilines is 2. The van der Waals surface area contributed by atoms with Crippen LogP contribution in [0.2, 0.25) is 0 Å². The lowest BCUT2D eigenvalue weighted by molar-refractivity contribution is -0.122. The van der Waals surface area contributed by atoms with Crippen LogP contribution in [0.1, 0.15) is 27.9 Å². The summed E-state index contributed by atoms with van der Waals surface area (Å²) in [6, 6.07) is 13.1. The minimum absolute atomic E-state index is 0.0648. The molecule has 2 N–H and O–H groups in total. The summed E-state index contributed by atoms with van der Waals surface area (Å²) in [5.41, 5.74) is 3.81. The van der Waals surface area contributed by atoms with Gasteiger partial charge in [0.25, 0.3) is 5.91 Å². The fourth-order valence-corrected chi connectivity index (χ4v) is 3.48. The van der Waals surface area contributed by atoms with Gasteiger partial charge in [-0.3, -0.25) is 14.4 Å². The fraction of sp³-hybridized carbons (Fsp3) is 0.250. The number of fused-ring (bicyclic) bond motifs is 1. The predicted molar refractivity (Wildman–Crippen MR) is 97.9 cm³/mol. The van der Waals surface area contributed by atoms with Crippen molar-refractivity contribution < 1.29 is 14.4 Å². The van der Waals surface area contributed by atoms with Gasteiger partial charge in [-0.05, 0) is 30.7 Å². The number of nitrogens with one attached hydrogen (secondary N) is 2. The molecule has 2 heterocycles. The van der Waals surface area contributed by atoms with Gasteiger partial charge in [-0.15, -0.1) is 0 Å². The molecular weight excluding hydrogens is 330 g/mol. The second-order valence-corrected chi connectivity index (χ2v) is 6.75. The Hall–Kier alpha value is -3.15. The van der Waals surface area contributed by atoms with Gasteiger partial charge in [0, 0.05) is 25.2 Å². The van der Waals surface area contributed by atoms with Crippen molar-refractivity contribution in [1.82, 2.24) is 5.32 Å². The molecule has 0 radical (unpaired) electrons. The van der Waals surface area contributed by atoms with E-state index in [1.54, 1.807) is 11.0 Å².